The number of hydrogen-bond donors (Lipinski definition) is 1. The number of ether oxygens (including phenoxy) is 1. The highest BCUT2D eigenvalue weighted by atomic mass is 16.5. The number of rotatable bonds is 4. The molecule has 4 heteroatoms. The number of methoxy groups -OCH3 is 1. The Morgan fingerprint density at radius 3 is 2.75 bits per heavy atom. The third-order valence-corrected chi connectivity index (χ3v) is 3.84. The van der Waals surface area contributed by atoms with Crippen LogP contribution in [0.1, 0.15) is 32.1 Å². The van der Waals surface area contributed by atoms with Gasteiger partial charge >= 0.3 is 0 Å². The van der Waals surface area contributed by atoms with E-state index in [1.807, 2.05) is 7.05 Å². The zero-order valence-electron chi connectivity index (χ0n) is 10.4. The first kappa shape index (κ1) is 11.7. The summed E-state index contributed by atoms with van der Waals surface area (Å²) in [6, 6.07) is 0.644. The van der Waals surface area contributed by atoms with Crippen molar-refractivity contribution < 1.29 is 4.74 Å². The van der Waals surface area contributed by atoms with Gasteiger partial charge in [0.1, 0.15) is 0 Å². The second-order valence-corrected chi connectivity index (χ2v) is 5.01. The summed E-state index contributed by atoms with van der Waals surface area (Å²) in [5.41, 5.74) is 5.96. The molecule has 0 aromatic heterocycles. The molecule has 92 valence electrons. The quantitative estimate of drug-likeness (QED) is 0.578. The fourth-order valence-electron chi connectivity index (χ4n) is 2.49. The second kappa shape index (κ2) is 5.04. The summed E-state index contributed by atoms with van der Waals surface area (Å²) >= 11 is 0. The van der Waals surface area contributed by atoms with Gasteiger partial charge in [0, 0.05) is 32.7 Å². The highest BCUT2D eigenvalue weighted by Gasteiger charge is 2.29. The second-order valence-electron chi connectivity index (χ2n) is 5.01. The average Bonchev–Trinajstić information content (AvgIpc) is 3.04. The molecule has 2 unspecified atom stereocenters. The van der Waals surface area contributed by atoms with Gasteiger partial charge in [-0.25, -0.2) is 0 Å². The molecule has 2 fully saturated rings. The smallest absolute Gasteiger partial charge is 0.191 e. The number of nitrogens with two attached hydrogens (primary N) is 1. The van der Waals surface area contributed by atoms with Gasteiger partial charge in [0.2, 0.25) is 0 Å². The van der Waals surface area contributed by atoms with Crippen LogP contribution >= 0.6 is 0 Å². The fourth-order valence-corrected chi connectivity index (χ4v) is 2.49. The number of nitrogens with zero attached hydrogens (tertiary/aromatic N) is 2. The van der Waals surface area contributed by atoms with Crippen molar-refractivity contribution in [3.63, 3.8) is 0 Å². The van der Waals surface area contributed by atoms with Crippen molar-refractivity contribution in [2.45, 2.75) is 44.2 Å². The molecular weight excluding hydrogens is 202 g/mol. The third kappa shape index (κ3) is 2.67. The SMILES string of the molecule is COC1CCCC1CN=C(N)N(C)C1CC1. The molecule has 2 N–H and O–H groups in total. The Kier molecular flexibility index (Phi) is 3.69. The van der Waals surface area contributed by atoms with Crippen molar-refractivity contribution in [2.24, 2.45) is 16.6 Å². The lowest BCUT2D eigenvalue weighted by Gasteiger charge is -2.19. The fraction of sp³-hybridized carbons (Fsp3) is 0.917. The lowest BCUT2D eigenvalue weighted by molar-refractivity contribution is 0.0742. The molecule has 2 saturated carbocycles. The predicted molar refractivity (Wildman–Crippen MR) is 65.4 cm³/mol. The molecular formula is C12H23N3O. The molecule has 2 aliphatic rings. The normalized spacial score (nSPS) is 30.8. The van der Waals surface area contributed by atoms with Gasteiger partial charge in [-0.05, 0) is 25.7 Å². The zero-order chi connectivity index (χ0) is 11.5. The lowest BCUT2D eigenvalue weighted by atomic mass is 10.1. The van der Waals surface area contributed by atoms with Gasteiger partial charge in [0.15, 0.2) is 5.96 Å². The highest BCUT2D eigenvalue weighted by molar-refractivity contribution is 5.78. The molecule has 0 bridgehead atoms. The number of guanidine groups is 1. The Morgan fingerprint density at radius 1 is 1.38 bits per heavy atom. The summed E-state index contributed by atoms with van der Waals surface area (Å²) in [6.07, 6.45) is 6.57. The minimum absolute atomic E-state index is 0.391. The van der Waals surface area contributed by atoms with Crippen LogP contribution in [0.2, 0.25) is 0 Å². The molecule has 4 nitrogen and oxygen atoms in total. The molecule has 2 atom stereocenters. The molecule has 0 radical (unpaired) electrons. The number of hydrogen-bond acceptors (Lipinski definition) is 2. The van der Waals surface area contributed by atoms with E-state index in [4.69, 9.17) is 10.5 Å². The van der Waals surface area contributed by atoms with E-state index >= 15 is 0 Å². The van der Waals surface area contributed by atoms with E-state index in [1.165, 1.54) is 32.1 Å². The van der Waals surface area contributed by atoms with Crippen LogP contribution in [0.5, 0.6) is 0 Å². The maximum atomic E-state index is 5.96. The first-order valence-electron chi connectivity index (χ1n) is 6.28. The van der Waals surface area contributed by atoms with Crippen LogP contribution in [0.4, 0.5) is 0 Å². The van der Waals surface area contributed by atoms with Crippen LogP contribution in [0.3, 0.4) is 0 Å². The Morgan fingerprint density at radius 2 is 2.12 bits per heavy atom. The molecule has 0 saturated heterocycles. The summed E-state index contributed by atoms with van der Waals surface area (Å²) in [5.74, 6) is 1.26. The summed E-state index contributed by atoms with van der Waals surface area (Å²) in [6.45, 7) is 0.821. The van der Waals surface area contributed by atoms with Crippen LogP contribution in [0.15, 0.2) is 4.99 Å². The maximum Gasteiger partial charge on any atom is 0.191 e. The largest absolute Gasteiger partial charge is 0.381 e. The Bertz CT molecular complexity index is 263. The monoisotopic (exact) mass is 225 g/mol. The van der Waals surface area contributed by atoms with E-state index in [-0.39, 0.29) is 0 Å². The van der Waals surface area contributed by atoms with Gasteiger partial charge in [0.25, 0.3) is 0 Å². The molecule has 2 aliphatic carbocycles. The molecule has 0 heterocycles. The topological polar surface area (TPSA) is 50.9 Å². The van der Waals surface area contributed by atoms with Crippen LogP contribution in [0, 0.1) is 5.92 Å². The van der Waals surface area contributed by atoms with Gasteiger partial charge < -0.3 is 15.4 Å². The summed E-state index contributed by atoms with van der Waals surface area (Å²) < 4.78 is 5.45. The Balaban J connectivity index is 1.82. The van der Waals surface area contributed by atoms with Crippen molar-refractivity contribution in [3.8, 4) is 0 Å². The van der Waals surface area contributed by atoms with Gasteiger partial charge in [-0.2, -0.15) is 0 Å². The van der Waals surface area contributed by atoms with E-state index in [9.17, 15) is 0 Å². The summed E-state index contributed by atoms with van der Waals surface area (Å²) in [5, 5.41) is 0. The zero-order valence-corrected chi connectivity index (χ0v) is 10.4. The average molecular weight is 225 g/mol. The third-order valence-electron chi connectivity index (χ3n) is 3.84. The van der Waals surface area contributed by atoms with Crippen molar-refractivity contribution >= 4 is 5.96 Å². The maximum absolute atomic E-state index is 5.96. The van der Waals surface area contributed by atoms with Gasteiger partial charge in [-0.15, -0.1) is 0 Å². The van der Waals surface area contributed by atoms with Crippen molar-refractivity contribution in [1.29, 1.82) is 0 Å². The molecule has 0 aromatic rings. The summed E-state index contributed by atoms with van der Waals surface area (Å²) in [4.78, 5) is 6.61. The van der Waals surface area contributed by atoms with E-state index in [0.29, 0.717) is 24.0 Å². The first-order chi connectivity index (χ1) is 7.72. The van der Waals surface area contributed by atoms with E-state index in [1.54, 1.807) is 7.11 Å². The lowest BCUT2D eigenvalue weighted by Crippen LogP contribution is -2.36. The Labute approximate surface area is 97.9 Å². The van der Waals surface area contributed by atoms with Crippen molar-refractivity contribution in [1.82, 2.24) is 4.90 Å². The van der Waals surface area contributed by atoms with Gasteiger partial charge in [-0.3, -0.25) is 4.99 Å². The summed E-state index contributed by atoms with van der Waals surface area (Å²) in [7, 11) is 3.84. The molecule has 0 spiro atoms. The Hall–Kier alpha value is -0.770. The number of aliphatic imine (C=N–C) groups is 1. The van der Waals surface area contributed by atoms with Gasteiger partial charge in [0.05, 0.1) is 6.10 Å². The van der Waals surface area contributed by atoms with E-state index < -0.39 is 0 Å². The first-order valence-corrected chi connectivity index (χ1v) is 6.28. The van der Waals surface area contributed by atoms with Crippen LogP contribution in [-0.2, 0) is 4.74 Å². The van der Waals surface area contributed by atoms with E-state index in [2.05, 4.69) is 9.89 Å². The molecule has 0 amide bonds. The molecule has 0 aliphatic heterocycles. The standard InChI is InChI=1S/C12H23N3O/c1-15(10-6-7-10)12(13)14-8-9-4-3-5-11(9)16-2/h9-11H,3-8H2,1-2H3,(H2,13,14). The van der Waals surface area contributed by atoms with Crippen LogP contribution in [-0.4, -0.2) is 43.7 Å². The minimum atomic E-state index is 0.391. The van der Waals surface area contributed by atoms with Crippen molar-refractivity contribution in [3.05, 3.63) is 0 Å². The van der Waals surface area contributed by atoms with Crippen LogP contribution < -0.4 is 5.73 Å². The predicted octanol–water partition coefficient (Wildman–Crippen LogP) is 1.21. The van der Waals surface area contributed by atoms with Crippen molar-refractivity contribution in [2.75, 3.05) is 20.7 Å². The van der Waals surface area contributed by atoms with Gasteiger partial charge in [-0.1, -0.05) is 6.42 Å². The molecule has 2 rings (SSSR count). The van der Waals surface area contributed by atoms with E-state index in [0.717, 1.165) is 6.54 Å². The highest BCUT2D eigenvalue weighted by Crippen LogP contribution is 2.28. The minimum Gasteiger partial charge on any atom is -0.381 e. The molecule has 16 heavy (non-hydrogen) atoms. The van der Waals surface area contributed by atoms with Crippen LogP contribution in [0.25, 0.3) is 0 Å². The molecule has 0 aromatic carbocycles.